The number of rotatable bonds is 4. The number of amides is 2. The van der Waals surface area contributed by atoms with Crippen LogP contribution in [0.1, 0.15) is 37.4 Å². The average Bonchev–Trinajstić information content (AvgIpc) is 3.24. The predicted molar refractivity (Wildman–Crippen MR) is 103 cm³/mol. The molecule has 7 nitrogen and oxygen atoms in total. The van der Waals surface area contributed by atoms with Crippen molar-refractivity contribution in [3.63, 3.8) is 0 Å². The van der Waals surface area contributed by atoms with Crippen molar-refractivity contribution in [3.8, 4) is 5.75 Å². The Bertz CT molecular complexity index is 928. The van der Waals surface area contributed by atoms with Gasteiger partial charge in [0.15, 0.2) is 0 Å². The van der Waals surface area contributed by atoms with Gasteiger partial charge in [0.25, 0.3) is 0 Å². The van der Waals surface area contributed by atoms with E-state index in [4.69, 9.17) is 0 Å². The fraction of sp³-hybridized carbons (Fsp3) is 0.429. The molecule has 0 bridgehead atoms. The van der Waals surface area contributed by atoms with Gasteiger partial charge in [0, 0.05) is 49.4 Å². The molecule has 7 heteroatoms. The van der Waals surface area contributed by atoms with Crippen LogP contribution in [0, 0.1) is 11.8 Å². The molecule has 0 spiro atoms. The minimum absolute atomic E-state index is 0.0283. The molecule has 1 aromatic heterocycles. The molecule has 1 fully saturated rings. The molecule has 2 aliphatic rings. The molecule has 28 heavy (non-hydrogen) atoms. The molecule has 2 aromatic rings. The van der Waals surface area contributed by atoms with Crippen LogP contribution in [-0.2, 0) is 29.1 Å². The van der Waals surface area contributed by atoms with Crippen LogP contribution >= 0.6 is 0 Å². The summed E-state index contributed by atoms with van der Waals surface area (Å²) in [5, 5.41) is 9.66. The highest BCUT2D eigenvalue weighted by atomic mass is 16.3. The number of anilines is 1. The monoisotopic (exact) mass is 380 g/mol. The Morgan fingerprint density at radius 2 is 2.14 bits per heavy atom. The first-order valence-electron chi connectivity index (χ1n) is 9.62. The van der Waals surface area contributed by atoms with Crippen molar-refractivity contribution in [2.75, 3.05) is 11.4 Å². The zero-order valence-electron chi connectivity index (χ0n) is 16.1. The second-order valence-electron chi connectivity index (χ2n) is 7.98. The van der Waals surface area contributed by atoms with Crippen LogP contribution in [0.5, 0.6) is 5.75 Å². The molecular weight excluding hydrogens is 356 g/mol. The Hall–Kier alpha value is -2.96. The number of phenolic OH excluding ortho intramolecular Hbond substituents is 1. The van der Waals surface area contributed by atoms with Gasteiger partial charge >= 0.3 is 0 Å². The van der Waals surface area contributed by atoms with Crippen molar-refractivity contribution < 1.29 is 14.7 Å². The van der Waals surface area contributed by atoms with Gasteiger partial charge in [-0.25, -0.2) is 9.97 Å². The molecule has 0 aliphatic carbocycles. The Morgan fingerprint density at radius 1 is 1.32 bits per heavy atom. The molecule has 2 amide bonds. The molecule has 1 unspecified atom stereocenters. The quantitative estimate of drug-likeness (QED) is 0.879. The molecular formula is C21H24N4O3. The normalized spacial score (nSPS) is 18.8. The first kappa shape index (κ1) is 18.4. The summed E-state index contributed by atoms with van der Waals surface area (Å²) in [6, 6.07) is 6.56. The Kier molecular flexibility index (Phi) is 4.75. The van der Waals surface area contributed by atoms with Crippen molar-refractivity contribution in [2.24, 2.45) is 11.8 Å². The number of aromatic nitrogens is 2. The Balaban J connectivity index is 1.45. The maximum atomic E-state index is 13.0. The van der Waals surface area contributed by atoms with E-state index in [0.29, 0.717) is 31.2 Å². The lowest BCUT2D eigenvalue weighted by Crippen LogP contribution is -2.34. The van der Waals surface area contributed by atoms with E-state index in [9.17, 15) is 14.7 Å². The molecule has 2 aliphatic heterocycles. The smallest absolute Gasteiger partial charge is 0.228 e. The number of aromatic hydroxyl groups is 1. The number of carbonyl (C=O) groups is 2. The highest BCUT2D eigenvalue weighted by molar-refractivity contribution is 6.00. The third-order valence-corrected chi connectivity index (χ3v) is 5.22. The van der Waals surface area contributed by atoms with Crippen LogP contribution in [0.2, 0.25) is 0 Å². The number of fused-ring (bicyclic) bond motifs is 1. The second kappa shape index (κ2) is 7.22. The van der Waals surface area contributed by atoms with Crippen LogP contribution in [0.15, 0.2) is 30.5 Å². The minimum atomic E-state index is -0.382. The fourth-order valence-electron chi connectivity index (χ4n) is 3.86. The minimum Gasteiger partial charge on any atom is -0.508 e. The summed E-state index contributed by atoms with van der Waals surface area (Å²) < 4.78 is 0. The van der Waals surface area contributed by atoms with E-state index in [2.05, 4.69) is 23.8 Å². The molecule has 1 atom stereocenters. The molecule has 1 saturated heterocycles. The van der Waals surface area contributed by atoms with Gasteiger partial charge in [-0.05, 0) is 18.1 Å². The molecule has 3 heterocycles. The highest BCUT2D eigenvalue weighted by Crippen LogP contribution is 2.30. The maximum absolute atomic E-state index is 13.0. The third-order valence-electron chi connectivity index (χ3n) is 5.22. The van der Waals surface area contributed by atoms with Gasteiger partial charge in [-0.3, -0.25) is 9.59 Å². The lowest BCUT2D eigenvalue weighted by atomic mass is 10.1. The zero-order chi connectivity index (χ0) is 19.8. The summed E-state index contributed by atoms with van der Waals surface area (Å²) in [5.74, 6) is 0.886. The summed E-state index contributed by atoms with van der Waals surface area (Å²) >= 11 is 0. The van der Waals surface area contributed by atoms with Crippen molar-refractivity contribution in [1.82, 2.24) is 14.9 Å². The van der Waals surface area contributed by atoms with E-state index in [0.717, 1.165) is 23.5 Å². The third kappa shape index (κ3) is 3.56. The SMILES string of the molecule is CC(C)Cc1ncc2c(n1)CN(C(=O)C1CC(=O)N(c3cccc(O)c3)C1)C2. The van der Waals surface area contributed by atoms with Crippen molar-refractivity contribution in [1.29, 1.82) is 0 Å². The number of benzene rings is 1. The van der Waals surface area contributed by atoms with Crippen molar-refractivity contribution >= 4 is 17.5 Å². The molecule has 0 radical (unpaired) electrons. The molecule has 1 aromatic carbocycles. The summed E-state index contributed by atoms with van der Waals surface area (Å²) in [5.41, 5.74) is 2.51. The van der Waals surface area contributed by atoms with Gasteiger partial charge in [0.1, 0.15) is 11.6 Å². The summed E-state index contributed by atoms with van der Waals surface area (Å²) in [4.78, 5) is 37.8. The van der Waals surface area contributed by atoms with E-state index in [1.807, 2.05) is 6.20 Å². The number of phenols is 1. The maximum Gasteiger partial charge on any atom is 0.228 e. The molecule has 0 saturated carbocycles. The standard InChI is InChI=1S/C21H24N4O3/c1-13(2)6-19-22-9-15-10-24(12-18(15)23-19)21(28)14-7-20(27)25(11-14)16-4-3-5-17(26)8-16/h3-5,8-9,13-14,26H,6-7,10-12H2,1-2H3. The molecule has 4 rings (SSSR count). The highest BCUT2D eigenvalue weighted by Gasteiger charge is 2.39. The van der Waals surface area contributed by atoms with Gasteiger partial charge in [-0.1, -0.05) is 19.9 Å². The zero-order valence-corrected chi connectivity index (χ0v) is 16.1. The molecule has 1 N–H and O–H groups in total. The van der Waals surface area contributed by atoms with Crippen LogP contribution in [0.3, 0.4) is 0 Å². The van der Waals surface area contributed by atoms with E-state index in [1.165, 1.54) is 0 Å². The van der Waals surface area contributed by atoms with Crippen molar-refractivity contribution in [2.45, 2.75) is 39.8 Å². The second-order valence-corrected chi connectivity index (χ2v) is 7.98. The summed E-state index contributed by atoms with van der Waals surface area (Å²) in [7, 11) is 0. The summed E-state index contributed by atoms with van der Waals surface area (Å²) in [6.45, 7) is 5.55. The van der Waals surface area contributed by atoms with E-state index in [-0.39, 0.29) is 29.9 Å². The topological polar surface area (TPSA) is 86.6 Å². The lowest BCUT2D eigenvalue weighted by Gasteiger charge is -2.20. The Morgan fingerprint density at radius 3 is 2.89 bits per heavy atom. The van der Waals surface area contributed by atoms with Gasteiger partial charge in [-0.15, -0.1) is 0 Å². The largest absolute Gasteiger partial charge is 0.508 e. The Labute approximate surface area is 164 Å². The number of hydrogen-bond donors (Lipinski definition) is 1. The van der Waals surface area contributed by atoms with Gasteiger partial charge in [0.05, 0.1) is 18.2 Å². The first-order chi connectivity index (χ1) is 13.4. The average molecular weight is 380 g/mol. The number of carbonyl (C=O) groups excluding carboxylic acids is 2. The van der Waals surface area contributed by atoms with E-state index >= 15 is 0 Å². The van der Waals surface area contributed by atoms with Gasteiger partial charge < -0.3 is 14.9 Å². The first-order valence-corrected chi connectivity index (χ1v) is 9.62. The fourth-order valence-corrected chi connectivity index (χ4v) is 3.86. The van der Waals surface area contributed by atoms with Crippen molar-refractivity contribution in [3.05, 3.63) is 47.5 Å². The number of hydrogen-bond acceptors (Lipinski definition) is 5. The van der Waals surface area contributed by atoms with E-state index in [1.54, 1.807) is 34.1 Å². The predicted octanol–water partition coefficient (Wildman–Crippen LogP) is 2.28. The van der Waals surface area contributed by atoms with E-state index < -0.39 is 0 Å². The van der Waals surface area contributed by atoms with Crippen LogP contribution in [0.25, 0.3) is 0 Å². The van der Waals surface area contributed by atoms with Crippen LogP contribution in [0.4, 0.5) is 5.69 Å². The van der Waals surface area contributed by atoms with Crippen LogP contribution in [-0.4, -0.2) is 38.3 Å². The van der Waals surface area contributed by atoms with Crippen LogP contribution < -0.4 is 4.90 Å². The lowest BCUT2D eigenvalue weighted by molar-refractivity contribution is -0.136. The molecule has 146 valence electrons. The number of nitrogens with zero attached hydrogens (tertiary/aromatic N) is 4. The summed E-state index contributed by atoms with van der Waals surface area (Å²) in [6.07, 6.45) is 2.83. The van der Waals surface area contributed by atoms with Gasteiger partial charge in [-0.2, -0.15) is 0 Å². The van der Waals surface area contributed by atoms with Gasteiger partial charge in [0.2, 0.25) is 11.8 Å².